The van der Waals surface area contributed by atoms with Gasteiger partial charge < -0.3 is 10.1 Å². The summed E-state index contributed by atoms with van der Waals surface area (Å²) in [5.41, 5.74) is 0.120. The van der Waals surface area contributed by atoms with E-state index in [2.05, 4.69) is 43.2 Å². The van der Waals surface area contributed by atoms with Crippen LogP contribution in [-0.4, -0.2) is 29.5 Å². The van der Waals surface area contributed by atoms with Gasteiger partial charge in [-0.1, -0.05) is 6.92 Å². The van der Waals surface area contributed by atoms with E-state index >= 15 is 0 Å². The summed E-state index contributed by atoms with van der Waals surface area (Å²) >= 11 is 1.69. The standard InChI is InChI=1S/C12H23N3OS/c1-9(8-16-5)6-10-14-15-11(17-10)7-13-12(2,3)4/h9,13H,6-8H2,1-5H3. The summed E-state index contributed by atoms with van der Waals surface area (Å²) in [6, 6.07) is 0. The van der Waals surface area contributed by atoms with Crippen molar-refractivity contribution in [3.63, 3.8) is 0 Å². The van der Waals surface area contributed by atoms with Crippen LogP contribution in [0.4, 0.5) is 0 Å². The summed E-state index contributed by atoms with van der Waals surface area (Å²) in [6.45, 7) is 10.2. The van der Waals surface area contributed by atoms with Gasteiger partial charge in [-0.05, 0) is 26.7 Å². The molecule has 98 valence electrons. The Bertz CT molecular complexity index is 333. The summed E-state index contributed by atoms with van der Waals surface area (Å²) in [7, 11) is 1.73. The second-order valence-corrected chi connectivity index (χ2v) is 6.60. The first kappa shape index (κ1) is 14.5. The zero-order valence-electron chi connectivity index (χ0n) is 11.4. The van der Waals surface area contributed by atoms with Crippen LogP contribution in [0.2, 0.25) is 0 Å². The van der Waals surface area contributed by atoms with E-state index < -0.39 is 0 Å². The molecule has 0 amide bonds. The molecule has 1 heterocycles. The molecule has 4 nitrogen and oxygen atoms in total. The summed E-state index contributed by atoms with van der Waals surface area (Å²) < 4.78 is 5.12. The maximum atomic E-state index is 5.12. The van der Waals surface area contributed by atoms with Crippen LogP contribution in [0.15, 0.2) is 0 Å². The van der Waals surface area contributed by atoms with Crippen molar-refractivity contribution in [1.82, 2.24) is 15.5 Å². The Hall–Kier alpha value is -0.520. The van der Waals surface area contributed by atoms with Gasteiger partial charge >= 0.3 is 0 Å². The van der Waals surface area contributed by atoms with Crippen LogP contribution in [0.1, 0.15) is 37.7 Å². The number of methoxy groups -OCH3 is 1. The van der Waals surface area contributed by atoms with Gasteiger partial charge in [-0.2, -0.15) is 0 Å². The van der Waals surface area contributed by atoms with Gasteiger partial charge in [0.1, 0.15) is 10.0 Å². The minimum Gasteiger partial charge on any atom is -0.384 e. The van der Waals surface area contributed by atoms with Crippen LogP contribution < -0.4 is 5.32 Å². The SMILES string of the molecule is COCC(C)Cc1nnc(CNC(C)(C)C)s1. The molecule has 0 aromatic carbocycles. The monoisotopic (exact) mass is 257 g/mol. The van der Waals surface area contributed by atoms with Crippen LogP contribution in [0.3, 0.4) is 0 Å². The van der Waals surface area contributed by atoms with Gasteiger partial charge in [0.15, 0.2) is 0 Å². The predicted molar refractivity (Wildman–Crippen MR) is 71.2 cm³/mol. The molecule has 0 saturated heterocycles. The summed E-state index contributed by atoms with van der Waals surface area (Å²) in [6.07, 6.45) is 0.945. The maximum absolute atomic E-state index is 5.12. The average molecular weight is 257 g/mol. The lowest BCUT2D eigenvalue weighted by atomic mass is 10.1. The second kappa shape index (κ2) is 6.42. The van der Waals surface area contributed by atoms with Crippen molar-refractivity contribution in [1.29, 1.82) is 0 Å². The summed E-state index contributed by atoms with van der Waals surface area (Å²) in [5.74, 6) is 0.497. The minimum absolute atomic E-state index is 0.120. The third kappa shape index (κ3) is 6.10. The Labute approximate surface area is 108 Å². The van der Waals surface area contributed by atoms with E-state index in [1.54, 1.807) is 18.4 Å². The molecular formula is C12H23N3OS. The van der Waals surface area contributed by atoms with Crippen LogP contribution in [0.5, 0.6) is 0 Å². The molecule has 1 N–H and O–H groups in total. The Morgan fingerprint density at radius 2 is 1.94 bits per heavy atom. The molecule has 0 aliphatic carbocycles. The number of nitrogens with zero attached hydrogens (tertiary/aromatic N) is 2. The highest BCUT2D eigenvalue weighted by molar-refractivity contribution is 7.11. The highest BCUT2D eigenvalue weighted by Crippen LogP contribution is 2.15. The van der Waals surface area contributed by atoms with E-state index in [1.165, 1.54) is 0 Å². The zero-order chi connectivity index (χ0) is 12.9. The Morgan fingerprint density at radius 3 is 2.53 bits per heavy atom. The molecule has 1 unspecified atom stereocenters. The first-order valence-electron chi connectivity index (χ1n) is 5.96. The van der Waals surface area contributed by atoms with E-state index in [4.69, 9.17) is 4.74 Å². The average Bonchev–Trinajstić information content (AvgIpc) is 2.62. The number of ether oxygens (including phenoxy) is 1. The van der Waals surface area contributed by atoms with Gasteiger partial charge in [-0.15, -0.1) is 21.5 Å². The molecule has 1 rings (SSSR count). The molecule has 0 bridgehead atoms. The highest BCUT2D eigenvalue weighted by atomic mass is 32.1. The lowest BCUT2D eigenvalue weighted by molar-refractivity contribution is 0.159. The fourth-order valence-electron chi connectivity index (χ4n) is 1.42. The third-order valence-corrected chi connectivity index (χ3v) is 3.20. The molecule has 5 heteroatoms. The minimum atomic E-state index is 0.120. The van der Waals surface area contributed by atoms with Crippen LogP contribution in [0.25, 0.3) is 0 Å². The lowest BCUT2D eigenvalue weighted by Crippen LogP contribution is -2.35. The van der Waals surface area contributed by atoms with Crippen molar-refractivity contribution < 1.29 is 4.74 Å². The van der Waals surface area contributed by atoms with Crippen LogP contribution in [0, 0.1) is 5.92 Å². The first-order chi connectivity index (χ1) is 7.90. The third-order valence-electron chi connectivity index (χ3n) is 2.25. The number of hydrogen-bond acceptors (Lipinski definition) is 5. The fourth-order valence-corrected chi connectivity index (χ4v) is 2.37. The van der Waals surface area contributed by atoms with Gasteiger partial charge in [-0.25, -0.2) is 0 Å². The van der Waals surface area contributed by atoms with E-state index in [0.717, 1.165) is 29.6 Å². The van der Waals surface area contributed by atoms with Gasteiger partial charge in [0.25, 0.3) is 0 Å². The Balaban J connectivity index is 2.42. The molecule has 0 aliphatic heterocycles. The molecule has 0 radical (unpaired) electrons. The number of nitrogens with one attached hydrogen (secondary N) is 1. The van der Waals surface area contributed by atoms with E-state index in [1.807, 2.05) is 0 Å². The molecule has 0 fully saturated rings. The number of rotatable bonds is 6. The van der Waals surface area contributed by atoms with Crippen LogP contribution >= 0.6 is 11.3 Å². The Kier molecular flexibility index (Phi) is 5.49. The fraction of sp³-hybridized carbons (Fsp3) is 0.833. The number of aromatic nitrogens is 2. The van der Waals surface area contributed by atoms with Crippen LogP contribution in [-0.2, 0) is 17.7 Å². The molecule has 1 aromatic rings. The van der Waals surface area contributed by atoms with Gasteiger partial charge in [0, 0.05) is 25.7 Å². The molecule has 1 atom stereocenters. The van der Waals surface area contributed by atoms with Gasteiger partial charge in [-0.3, -0.25) is 0 Å². The van der Waals surface area contributed by atoms with Crippen molar-refractivity contribution >= 4 is 11.3 Å². The van der Waals surface area contributed by atoms with Crippen molar-refractivity contribution in [2.24, 2.45) is 5.92 Å². The number of hydrogen-bond donors (Lipinski definition) is 1. The van der Waals surface area contributed by atoms with Crippen molar-refractivity contribution in [2.45, 2.75) is 46.2 Å². The maximum Gasteiger partial charge on any atom is 0.131 e. The van der Waals surface area contributed by atoms with Gasteiger partial charge in [0.2, 0.25) is 0 Å². The molecule has 1 aromatic heterocycles. The van der Waals surface area contributed by atoms with Crippen molar-refractivity contribution in [3.05, 3.63) is 10.0 Å². The lowest BCUT2D eigenvalue weighted by Gasteiger charge is -2.19. The van der Waals surface area contributed by atoms with Crippen molar-refractivity contribution in [3.8, 4) is 0 Å². The molecule has 0 aliphatic rings. The largest absolute Gasteiger partial charge is 0.384 e. The second-order valence-electron chi connectivity index (χ2n) is 5.46. The van der Waals surface area contributed by atoms with Gasteiger partial charge in [0.05, 0.1) is 6.54 Å². The zero-order valence-corrected chi connectivity index (χ0v) is 12.2. The molecule has 17 heavy (non-hydrogen) atoms. The highest BCUT2D eigenvalue weighted by Gasteiger charge is 2.12. The summed E-state index contributed by atoms with van der Waals surface area (Å²) in [4.78, 5) is 0. The quantitative estimate of drug-likeness (QED) is 0.849. The van der Waals surface area contributed by atoms with E-state index in [9.17, 15) is 0 Å². The Morgan fingerprint density at radius 1 is 1.29 bits per heavy atom. The molecular weight excluding hydrogens is 234 g/mol. The van der Waals surface area contributed by atoms with E-state index in [0.29, 0.717) is 5.92 Å². The normalized spacial score (nSPS) is 13.9. The molecule has 0 saturated carbocycles. The first-order valence-corrected chi connectivity index (χ1v) is 6.77. The van der Waals surface area contributed by atoms with E-state index in [-0.39, 0.29) is 5.54 Å². The topological polar surface area (TPSA) is 47.0 Å². The summed E-state index contributed by atoms with van der Waals surface area (Å²) in [5, 5.41) is 14.0. The molecule has 0 spiro atoms. The van der Waals surface area contributed by atoms with Crippen molar-refractivity contribution in [2.75, 3.05) is 13.7 Å². The predicted octanol–water partition coefficient (Wildman–Crippen LogP) is 2.25. The smallest absolute Gasteiger partial charge is 0.131 e.